The highest BCUT2D eigenvalue weighted by atomic mass is 32.2. The third-order valence-electron chi connectivity index (χ3n) is 2.33. The molecule has 7 nitrogen and oxygen atoms in total. The number of carbonyl (C=O) groups excluding carboxylic acids is 1. The van der Waals surface area contributed by atoms with Crippen LogP contribution in [0.1, 0.15) is 12.3 Å². The molecule has 1 aliphatic heterocycles. The summed E-state index contributed by atoms with van der Waals surface area (Å²) in [4.78, 5) is 26.4. The van der Waals surface area contributed by atoms with Crippen molar-refractivity contribution < 1.29 is 14.6 Å². The number of aliphatic hydroxyl groups is 1. The number of carbonyl (C=O) groups is 1. The summed E-state index contributed by atoms with van der Waals surface area (Å²) >= 11 is 1.36. The molecule has 1 aromatic heterocycles. The summed E-state index contributed by atoms with van der Waals surface area (Å²) in [5, 5.41) is 11.2. The topological polar surface area (TPSA) is 93.5 Å². The zero-order valence-corrected chi connectivity index (χ0v) is 10.5. The van der Waals surface area contributed by atoms with E-state index in [2.05, 4.69) is 10.3 Å². The lowest BCUT2D eigenvalue weighted by Crippen LogP contribution is -2.26. The van der Waals surface area contributed by atoms with Crippen LogP contribution >= 0.6 is 11.8 Å². The first-order valence-corrected chi connectivity index (χ1v) is 6.29. The minimum Gasteiger partial charge on any atom is -0.393 e. The van der Waals surface area contributed by atoms with E-state index < -0.39 is 5.69 Å². The minimum absolute atomic E-state index is 0.0900. The van der Waals surface area contributed by atoms with Crippen molar-refractivity contribution in [2.24, 2.45) is 0 Å². The van der Waals surface area contributed by atoms with Gasteiger partial charge in [0.15, 0.2) is 0 Å². The molecule has 1 amide bonds. The smallest absolute Gasteiger partial charge is 0.350 e. The Bertz CT molecular complexity index is 504. The number of aromatic nitrogens is 2. The van der Waals surface area contributed by atoms with Gasteiger partial charge in [-0.05, 0) is 6.07 Å². The van der Waals surface area contributed by atoms with Crippen molar-refractivity contribution in [3.63, 3.8) is 0 Å². The molecule has 1 aliphatic rings. The minimum atomic E-state index is -0.457. The molecule has 2 rings (SSSR count). The van der Waals surface area contributed by atoms with E-state index in [0.29, 0.717) is 6.61 Å². The predicted molar refractivity (Wildman–Crippen MR) is 66.3 cm³/mol. The van der Waals surface area contributed by atoms with Gasteiger partial charge in [-0.2, -0.15) is 4.98 Å². The first-order valence-electron chi connectivity index (χ1n) is 5.35. The van der Waals surface area contributed by atoms with Gasteiger partial charge in [0, 0.05) is 13.1 Å². The van der Waals surface area contributed by atoms with Gasteiger partial charge in [0.25, 0.3) is 0 Å². The third kappa shape index (κ3) is 2.89. The van der Waals surface area contributed by atoms with Crippen molar-refractivity contribution in [2.75, 3.05) is 18.5 Å². The van der Waals surface area contributed by atoms with Crippen LogP contribution in [0.5, 0.6) is 0 Å². The maximum Gasteiger partial charge on any atom is 0.350 e. The largest absolute Gasteiger partial charge is 0.393 e. The number of hydrogen-bond donors (Lipinski definition) is 2. The van der Waals surface area contributed by atoms with Crippen LogP contribution in [-0.4, -0.2) is 39.2 Å². The van der Waals surface area contributed by atoms with Gasteiger partial charge in [-0.1, -0.05) is 0 Å². The summed E-state index contributed by atoms with van der Waals surface area (Å²) in [7, 11) is 0. The van der Waals surface area contributed by atoms with Crippen LogP contribution in [0.2, 0.25) is 0 Å². The quantitative estimate of drug-likeness (QED) is 0.789. The van der Waals surface area contributed by atoms with Gasteiger partial charge in [0.05, 0.1) is 13.2 Å². The van der Waals surface area contributed by atoms with Gasteiger partial charge in [-0.15, -0.1) is 11.8 Å². The van der Waals surface area contributed by atoms with Crippen LogP contribution in [0.4, 0.5) is 5.82 Å². The Morgan fingerprint density at radius 1 is 1.78 bits per heavy atom. The number of amides is 1. The Hall–Kier alpha value is -1.38. The number of thioether (sulfide) groups is 1. The molecule has 8 heteroatoms. The highest BCUT2D eigenvalue weighted by molar-refractivity contribution is 8.00. The second-order valence-corrected chi connectivity index (χ2v) is 5.06. The summed E-state index contributed by atoms with van der Waals surface area (Å²) < 4.78 is 6.70. The van der Waals surface area contributed by atoms with E-state index in [1.54, 1.807) is 12.3 Å². The molecule has 1 aromatic rings. The zero-order valence-electron chi connectivity index (χ0n) is 9.70. The first-order chi connectivity index (χ1) is 8.60. The number of ether oxygens (including phenoxy) is 1. The number of hydrogen-bond acceptors (Lipinski definition) is 6. The van der Waals surface area contributed by atoms with Crippen molar-refractivity contribution in [2.45, 2.75) is 17.7 Å². The third-order valence-corrected chi connectivity index (χ3v) is 3.59. The lowest BCUT2D eigenvalue weighted by Gasteiger charge is -2.11. The van der Waals surface area contributed by atoms with Crippen molar-refractivity contribution in [1.82, 2.24) is 9.55 Å². The molecule has 2 heterocycles. The first kappa shape index (κ1) is 13.1. The molecule has 2 atom stereocenters. The van der Waals surface area contributed by atoms with Gasteiger partial charge in [0.1, 0.15) is 16.6 Å². The van der Waals surface area contributed by atoms with Crippen LogP contribution in [0.25, 0.3) is 0 Å². The molecule has 98 valence electrons. The van der Waals surface area contributed by atoms with Gasteiger partial charge >= 0.3 is 5.69 Å². The molecule has 0 aromatic carbocycles. The van der Waals surface area contributed by atoms with E-state index in [1.807, 2.05) is 0 Å². The number of rotatable bonds is 3. The molecule has 0 spiro atoms. The van der Waals surface area contributed by atoms with Gasteiger partial charge < -0.3 is 15.2 Å². The zero-order chi connectivity index (χ0) is 13.1. The van der Waals surface area contributed by atoms with Gasteiger partial charge in [0.2, 0.25) is 5.91 Å². The Kier molecular flexibility index (Phi) is 4.00. The molecule has 0 bridgehead atoms. The fourth-order valence-electron chi connectivity index (χ4n) is 1.57. The summed E-state index contributed by atoms with van der Waals surface area (Å²) in [5.41, 5.74) is -0.766. The Balaban J connectivity index is 2.15. The maximum absolute atomic E-state index is 11.8. The van der Waals surface area contributed by atoms with E-state index in [9.17, 15) is 9.59 Å². The summed E-state index contributed by atoms with van der Waals surface area (Å²) in [6.07, 6.45) is 1.56. The van der Waals surface area contributed by atoms with Gasteiger partial charge in [-0.3, -0.25) is 9.36 Å². The van der Waals surface area contributed by atoms with Crippen molar-refractivity contribution >= 4 is 23.5 Å². The highest BCUT2D eigenvalue weighted by Crippen LogP contribution is 2.34. The molecule has 0 aliphatic carbocycles. The summed E-state index contributed by atoms with van der Waals surface area (Å²) in [6, 6.07) is 1.55. The maximum atomic E-state index is 11.8. The predicted octanol–water partition coefficient (Wildman–Crippen LogP) is -0.218. The van der Waals surface area contributed by atoms with Crippen molar-refractivity contribution in [1.29, 1.82) is 0 Å². The van der Waals surface area contributed by atoms with E-state index in [0.717, 1.165) is 0 Å². The highest BCUT2D eigenvalue weighted by Gasteiger charge is 2.27. The monoisotopic (exact) mass is 271 g/mol. The molecule has 1 saturated heterocycles. The molecule has 0 saturated carbocycles. The molecule has 0 unspecified atom stereocenters. The summed E-state index contributed by atoms with van der Waals surface area (Å²) in [6.45, 7) is 1.60. The average molecular weight is 271 g/mol. The summed E-state index contributed by atoms with van der Waals surface area (Å²) in [5.74, 6) is -0.0510. The van der Waals surface area contributed by atoms with Crippen LogP contribution in [-0.2, 0) is 9.53 Å². The molecule has 2 N–H and O–H groups in total. The van der Waals surface area contributed by atoms with Gasteiger partial charge in [-0.25, -0.2) is 4.79 Å². The van der Waals surface area contributed by atoms with E-state index in [1.165, 1.54) is 23.3 Å². The molecule has 0 radical (unpaired) electrons. The molecular formula is C10H13N3O4S. The average Bonchev–Trinajstić information content (AvgIpc) is 2.76. The second kappa shape index (κ2) is 5.51. The lowest BCUT2D eigenvalue weighted by atomic mass is 10.5. The standard InChI is InChI=1S/C10H13N3O4S/c1-6(15)11-7-2-3-13(10(16)12-7)8-5-17-9(4-14)18-8/h2-3,8-9,14H,4-5H2,1H3,(H,11,12,15,16)/t8-,9+/m1/s1. The Labute approximate surface area is 107 Å². The number of nitrogens with zero attached hydrogens (tertiary/aromatic N) is 2. The number of anilines is 1. The molecular weight excluding hydrogens is 258 g/mol. The van der Waals surface area contributed by atoms with Crippen molar-refractivity contribution in [3.8, 4) is 0 Å². The van der Waals surface area contributed by atoms with Crippen LogP contribution < -0.4 is 11.0 Å². The normalized spacial score (nSPS) is 23.0. The van der Waals surface area contributed by atoms with Crippen molar-refractivity contribution in [3.05, 3.63) is 22.7 Å². The molecule has 1 fully saturated rings. The Morgan fingerprint density at radius 3 is 3.11 bits per heavy atom. The van der Waals surface area contributed by atoms with Crippen LogP contribution in [0, 0.1) is 0 Å². The number of aliphatic hydroxyl groups excluding tert-OH is 1. The number of nitrogens with one attached hydrogen (secondary N) is 1. The fraction of sp³-hybridized carbons (Fsp3) is 0.500. The van der Waals surface area contributed by atoms with E-state index in [-0.39, 0.29) is 29.1 Å². The Morgan fingerprint density at radius 2 is 2.56 bits per heavy atom. The fourth-order valence-corrected chi connectivity index (χ4v) is 2.61. The van der Waals surface area contributed by atoms with Crippen LogP contribution in [0.15, 0.2) is 17.1 Å². The lowest BCUT2D eigenvalue weighted by molar-refractivity contribution is -0.114. The molecule has 18 heavy (non-hydrogen) atoms. The second-order valence-electron chi connectivity index (χ2n) is 3.72. The SMILES string of the molecule is CC(=O)Nc1ccn([C@H]2CO[C@H](CO)S2)c(=O)n1. The van der Waals surface area contributed by atoms with E-state index in [4.69, 9.17) is 9.84 Å². The van der Waals surface area contributed by atoms with E-state index >= 15 is 0 Å². The van der Waals surface area contributed by atoms with Crippen LogP contribution in [0.3, 0.4) is 0 Å².